The molecule has 6 nitrogen and oxygen atoms in total. The van der Waals surface area contributed by atoms with Crippen LogP contribution >= 0.6 is 0 Å². The van der Waals surface area contributed by atoms with E-state index in [9.17, 15) is 14.4 Å². The zero-order valence-corrected chi connectivity index (χ0v) is 20.1. The minimum atomic E-state index is -0.840. The van der Waals surface area contributed by atoms with E-state index in [1.54, 1.807) is 24.3 Å². The molecule has 0 saturated carbocycles. The van der Waals surface area contributed by atoms with E-state index < -0.39 is 11.9 Å². The molecule has 3 aliphatic heterocycles. The number of imide groups is 1. The van der Waals surface area contributed by atoms with E-state index in [0.29, 0.717) is 55.3 Å². The molecule has 4 aliphatic rings. The fourth-order valence-corrected chi connectivity index (χ4v) is 6.03. The number of benzene rings is 2. The number of ether oxygens (including phenoxy) is 2. The van der Waals surface area contributed by atoms with E-state index in [-0.39, 0.29) is 23.0 Å². The number of amides is 2. The van der Waals surface area contributed by atoms with Gasteiger partial charge in [0, 0.05) is 32.2 Å². The molecule has 35 heavy (non-hydrogen) atoms. The first-order valence-corrected chi connectivity index (χ1v) is 12.4. The second-order valence-electron chi connectivity index (χ2n) is 10.9. The van der Waals surface area contributed by atoms with E-state index >= 15 is 0 Å². The molecule has 0 aromatic heterocycles. The first-order chi connectivity index (χ1) is 16.8. The number of Topliss-reactive ketones (excluding diaryl/α,β-unsaturated/α-hetero) is 1. The summed E-state index contributed by atoms with van der Waals surface area (Å²) < 4.78 is 13.1. The van der Waals surface area contributed by atoms with Crippen LogP contribution in [0.1, 0.15) is 83.9 Å². The molecule has 6 rings (SSSR count). The Morgan fingerprint density at radius 3 is 2.31 bits per heavy atom. The minimum Gasteiger partial charge on any atom is -0.466 e. The Bertz CT molecular complexity index is 1260. The van der Waals surface area contributed by atoms with E-state index in [1.165, 1.54) is 4.90 Å². The van der Waals surface area contributed by atoms with Crippen molar-refractivity contribution in [3.05, 3.63) is 82.1 Å². The quantitative estimate of drug-likeness (QED) is 0.446. The average Bonchev–Trinajstić information content (AvgIpc) is 3.05. The van der Waals surface area contributed by atoms with Gasteiger partial charge in [-0.25, -0.2) is 0 Å². The highest BCUT2D eigenvalue weighted by molar-refractivity contribution is 6.21. The third-order valence-electron chi connectivity index (χ3n) is 7.65. The van der Waals surface area contributed by atoms with Gasteiger partial charge in [0.15, 0.2) is 5.78 Å². The zero-order chi connectivity index (χ0) is 24.4. The summed E-state index contributed by atoms with van der Waals surface area (Å²) in [5, 5.41) is 0. The van der Waals surface area contributed by atoms with Gasteiger partial charge in [-0.1, -0.05) is 50.2 Å². The Balaban J connectivity index is 1.21. The number of ketones is 1. The summed E-state index contributed by atoms with van der Waals surface area (Å²) in [5.74, 6) is -0.403. The predicted octanol–water partition coefficient (Wildman–Crippen LogP) is 5.14. The van der Waals surface area contributed by atoms with Gasteiger partial charge >= 0.3 is 0 Å². The summed E-state index contributed by atoms with van der Waals surface area (Å²) in [6, 6.07) is 15.1. The van der Waals surface area contributed by atoms with Crippen molar-refractivity contribution in [1.82, 2.24) is 4.90 Å². The highest BCUT2D eigenvalue weighted by Gasteiger charge is 2.52. The van der Waals surface area contributed by atoms with Gasteiger partial charge in [-0.05, 0) is 41.5 Å². The standard InChI is InChI=1S/C29H29NO5/c1-28(2)16-22(31)24-23(17-28)34-29(15-18-9-3-4-10-19(18)25(24)35-29)13-7-8-14-30-26(32)20-11-5-6-12-21(20)27(30)33/h3-6,9-12,25H,7-8,13-17H2,1-2H3/t25?,29-/m1/s1. The Hall–Kier alpha value is -3.25. The van der Waals surface area contributed by atoms with Gasteiger partial charge in [0.1, 0.15) is 11.9 Å². The Kier molecular flexibility index (Phi) is 5.01. The van der Waals surface area contributed by atoms with Gasteiger partial charge in [-0.3, -0.25) is 19.3 Å². The highest BCUT2D eigenvalue weighted by atomic mass is 16.7. The fraction of sp³-hybridized carbons (Fsp3) is 0.414. The Morgan fingerprint density at radius 2 is 1.57 bits per heavy atom. The molecule has 2 atom stereocenters. The number of hydrogen-bond acceptors (Lipinski definition) is 5. The summed E-state index contributed by atoms with van der Waals surface area (Å²) in [6.07, 6.45) is 3.41. The molecule has 1 aliphatic carbocycles. The van der Waals surface area contributed by atoms with Gasteiger partial charge in [-0.15, -0.1) is 0 Å². The highest BCUT2D eigenvalue weighted by Crippen LogP contribution is 2.53. The maximum absolute atomic E-state index is 13.1. The summed E-state index contributed by atoms with van der Waals surface area (Å²) >= 11 is 0. The molecule has 2 aromatic rings. The third-order valence-corrected chi connectivity index (χ3v) is 7.65. The lowest BCUT2D eigenvalue weighted by Gasteiger charge is -2.50. The summed E-state index contributed by atoms with van der Waals surface area (Å²) in [4.78, 5) is 39.8. The van der Waals surface area contributed by atoms with Crippen molar-refractivity contribution in [2.24, 2.45) is 5.41 Å². The number of hydrogen-bond donors (Lipinski definition) is 0. The maximum atomic E-state index is 13.1. The van der Waals surface area contributed by atoms with E-state index in [4.69, 9.17) is 9.47 Å². The Morgan fingerprint density at radius 1 is 0.886 bits per heavy atom. The topological polar surface area (TPSA) is 72.9 Å². The molecule has 0 saturated heterocycles. The first kappa shape index (κ1) is 22.2. The zero-order valence-electron chi connectivity index (χ0n) is 20.1. The molecule has 2 bridgehead atoms. The van der Waals surface area contributed by atoms with Crippen LogP contribution in [0.15, 0.2) is 59.9 Å². The first-order valence-electron chi connectivity index (χ1n) is 12.4. The summed E-state index contributed by atoms with van der Waals surface area (Å²) in [6.45, 7) is 4.57. The van der Waals surface area contributed by atoms with Crippen molar-refractivity contribution in [3.8, 4) is 0 Å². The molecule has 0 spiro atoms. The lowest BCUT2D eigenvalue weighted by Crippen LogP contribution is -2.49. The van der Waals surface area contributed by atoms with E-state index in [2.05, 4.69) is 26.0 Å². The monoisotopic (exact) mass is 471 g/mol. The van der Waals surface area contributed by atoms with Crippen molar-refractivity contribution in [1.29, 1.82) is 0 Å². The number of carbonyl (C=O) groups is 3. The van der Waals surface area contributed by atoms with Gasteiger partial charge in [0.2, 0.25) is 5.79 Å². The lowest BCUT2D eigenvalue weighted by atomic mass is 9.72. The predicted molar refractivity (Wildman–Crippen MR) is 128 cm³/mol. The van der Waals surface area contributed by atoms with Crippen LogP contribution in [0.3, 0.4) is 0 Å². The molecule has 180 valence electrons. The number of nitrogens with zero attached hydrogens (tertiary/aromatic N) is 1. The van der Waals surface area contributed by atoms with Crippen molar-refractivity contribution in [2.45, 2.75) is 64.3 Å². The van der Waals surface area contributed by atoms with Crippen molar-refractivity contribution in [3.63, 3.8) is 0 Å². The molecule has 6 heteroatoms. The molecule has 0 radical (unpaired) electrons. The molecular weight excluding hydrogens is 442 g/mol. The summed E-state index contributed by atoms with van der Waals surface area (Å²) in [5.41, 5.74) is 3.69. The normalized spacial score (nSPS) is 26.3. The van der Waals surface area contributed by atoms with Crippen LogP contribution in [0.2, 0.25) is 0 Å². The SMILES string of the molecule is CC1(C)CC(=O)C2=C(C1)O[C@@]1(CCCCN3C(=O)c4ccccc4C3=O)Cc3ccccc3C2O1. The van der Waals surface area contributed by atoms with Gasteiger partial charge in [0.05, 0.1) is 16.7 Å². The fourth-order valence-electron chi connectivity index (χ4n) is 6.03. The van der Waals surface area contributed by atoms with Crippen LogP contribution in [-0.4, -0.2) is 34.8 Å². The molecule has 3 heterocycles. The van der Waals surface area contributed by atoms with Crippen LogP contribution in [0.5, 0.6) is 0 Å². The van der Waals surface area contributed by atoms with E-state index in [0.717, 1.165) is 23.3 Å². The van der Waals surface area contributed by atoms with Gasteiger partial charge in [-0.2, -0.15) is 0 Å². The van der Waals surface area contributed by atoms with Gasteiger partial charge in [0.25, 0.3) is 11.8 Å². The van der Waals surface area contributed by atoms with Crippen LogP contribution in [0.4, 0.5) is 0 Å². The van der Waals surface area contributed by atoms with Crippen LogP contribution < -0.4 is 0 Å². The molecule has 2 amide bonds. The average molecular weight is 472 g/mol. The largest absolute Gasteiger partial charge is 0.466 e. The third kappa shape index (κ3) is 3.62. The number of rotatable bonds is 5. The number of fused-ring (bicyclic) bond motifs is 6. The van der Waals surface area contributed by atoms with Crippen molar-refractivity contribution >= 4 is 17.6 Å². The second-order valence-corrected chi connectivity index (χ2v) is 10.9. The summed E-state index contributed by atoms with van der Waals surface area (Å²) in [7, 11) is 0. The number of carbonyl (C=O) groups excluding carboxylic acids is 3. The molecule has 2 aromatic carbocycles. The molecular formula is C29H29NO5. The van der Waals surface area contributed by atoms with Crippen LogP contribution in [0.25, 0.3) is 0 Å². The smallest absolute Gasteiger partial charge is 0.261 e. The van der Waals surface area contributed by atoms with Gasteiger partial charge < -0.3 is 9.47 Å². The van der Waals surface area contributed by atoms with Crippen LogP contribution in [0, 0.1) is 5.41 Å². The second kappa shape index (κ2) is 7.89. The number of allylic oxidation sites excluding steroid dienone is 1. The number of unbranched alkanes of at least 4 members (excludes halogenated alkanes) is 1. The van der Waals surface area contributed by atoms with Crippen LogP contribution in [-0.2, 0) is 20.7 Å². The van der Waals surface area contributed by atoms with Crippen molar-refractivity contribution in [2.75, 3.05) is 6.54 Å². The minimum absolute atomic E-state index is 0.108. The van der Waals surface area contributed by atoms with Crippen molar-refractivity contribution < 1.29 is 23.9 Å². The Labute approximate surface area is 204 Å². The molecule has 0 fully saturated rings. The van der Waals surface area contributed by atoms with E-state index in [1.807, 2.05) is 12.1 Å². The molecule has 1 unspecified atom stereocenters. The maximum Gasteiger partial charge on any atom is 0.261 e. The lowest BCUT2D eigenvalue weighted by molar-refractivity contribution is -0.266. The molecule has 0 N–H and O–H groups in total.